The van der Waals surface area contributed by atoms with Gasteiger partial charge in [0.25, 0.3) is 0 Å². The summed E-state index contributed by atoms with van der Waals surface area (Å²) in [6.07, 6.45) is 1.17. The van der Waals surface area contributed by atoms with Crippen LogP contribution >= 0.6 is 0 Å². The molecule has 1 aliphatic heterocycles. The van der Waals surface area contributed by atoms with Crippen LogP contribution in [0.15, 0.2) is 48.0 Å². The monoisotopic (exact) mass is 319 g/mol. The third kappa shape index (κ3) is 2.46. The number of benzene rings is 2. The zero-order valence-electron chi connectivity index (χ0n) is 14.8. The first-order valence-corrected chi connectivity index (χ1v) is 8.92. The Morgan fingerprint density at radius 2 is 1.92 bits per heavy atom. The van der Waals surface area contributed by atoms with Gasteiger partial charge in [0.15, 0.2) is 0 Å². The Morgan fingerprint density at radius 1 is 1.12 bits per heavy atom. The lowest BCUT2D eigenvalue weighted by atomic mass is 9.89. The van der Waals surface area contributed by atoms with Gasteiger partial charge in [-0.25, -0.2) is 0 Å². The highest BCUT2D eigenvalue weighted by molar-refractivity contribution is 5.89. The fourth-order valence-electron chi connectivity index (χ4n) is 4.25. The van der Waals surface area contributed by atoms with Crippen molar-refractivity contribution in [3.05, 3.63) is 70.3 Å². The van der Waals surface area contributed by atoms with E-state index in [4.69, 9.17) is 4.74 Å². The quantitative estimate of drug-likeness (QED) is 0.818. The van der Waals surface area contributed by atoms with Crippen molar-refractivity contribution in [3.8, 4) is 5.75 Å². The standard InChI is InChI=1S/C22H25NO/c1-4-23-12-11-19-21(14-23)18-10-5-15(2)13-20(18)22(19)16-6-8-17(24-3)9-7-16/h5-10,13,21H,4,11-12,14H2,1-3H3. The Morgan fingerprint density at radius 3 is 2.62 bits per heavy atom. The summed E-state index contributed by atoms with van der Waals surface area (Å²) in [6.45, 7) is 7.93. The van der Waals surface area contributed by atoms with Crippen LogP contribution in [0.4, 0.5) is 0 Å². The molecule has 0 N–H and O–H groups in total. The maximum Gasteiger partial charge on any atom is 0.118 e. The second-order valence-electron chi connectivity index (χ2n) is 6.92. The van der Waals surface area contributed by atoms with Gasteiger partial charge < -0.3 is 9.64 Å². The van der Waals surface area contributed by atoms with Gasteiger partial charge in [0, 0.05) is 19.0 Å². The van der Waals surface area contributed by atoms with Crippen LogP contribution in [0.1, 0.15) is 41.5 Å². The number of likely N-dealkylation sites (tertiary alicyclic amines) is 1. The molecule has 2 aliphatic rings. The van der Waals surface area contributed by atoms with Gasteiger partial charge in [-0.3, -0.25) is 0 Å². The maximum absolute atomic E-state index is 5.33. The van der Waals surface area contributed by atoms with Crippen LogP contribution in [0.2, 0.25) is 0 Å². The predicted octanol–water partition coefficient (Wildman–Crippen LogP) is 4.63. The normalized spacial score (nSPS) is 20.0. The third-order valence-corrected chi connectivity index (χ3v) is 5.56. The van der Waals surface area contributed by atoms with Gasteiger partial charge in [0.05, 0.1) is 7.11 Å². The van der Waals surface area contributed by atoms with E-state index < -0.39 is 0 Å². The molecule has 0 spiro atoms. The molecule has 2 heteroatoms. The zero-order chi connectivity index (χ0) is 16.7. The van der Waals surface area contributed by atoms with E-state index in [1.807, 2.05) is 0 Å². The van der Waals surface area contributed by atoms with E-state index in [9.17, 15) is 0 Å². The van der Waals surface area contributed by atoms with Crippen LogP contribution in [0.25, 0.3) is 5.57 Å². The Hall–Kier alpha value is -2.06. The first-order valence-electron chi connectivity index (χ1n) is 8.92. The highest BCUT2D eigenvalue weighted by Gasteiger charge is 2.35. The summed E-state index contributed by atoms with van der Waals surface area (Å²) in [6, 6.07) is 15.6. The van der Waals surface area contributed by atoms with Crippen molar-refractivity contribution in [1.82, 2.24) is 4.90 Å². The van der Waals surface area contributed by atoms with Crippen LogP contribution in [-0.4, -0.2) is 31.6 Å². The lowest BCUT2D eigenvalue weighted by Gasteiger charge is -2.32. The molecule has 2 nitrogen and oxygen atoms in total. The molecule has 0 amide bonds. The molecule has 1 atom stereocenters. The van der Waals surface area contributed by atoms with Crippen LogP contribution < -0.4 is 4.74 Å². The summed E-state index contributed by atoms with van der Waals surface area (Å²) in [5.41, 5.74) is 8.72. The number of ether oxygens (including phenoxy) is 1. The van der Waals surface area contributed by atoms with Gasteiger partial charge >= 0.3 is 0 Å². The molecular formula is C22H25NO. The van der Waals surface area contributed by atoms with Crippen LogP contribution in [0, 0.1) is 6.92 Å². The smallest absolute Gasteiger partial charge is 0.118 e. The lowest BCUT2D eigenvalue weighted by Crippen LogP contribution is -2.34. The molecule has 1 fully saturated rings. The van der Waals surface area contributed by atoms with Crippen molar-refractivity contribution in [2.45, 2.75) is 26.2 Å². The van der Waals surface area contributed by atoms with E-state index in [2.05, 4.69) is 61.2 Å². The Balaban J connectivity index is 1.85. The van der Waals surface area contributed by atoms with Crippen molar-refractivity contribution in [2.24, 2.45) is 0 Å². The molecule has 1 aliphatic carbocycles. The van der Waals surface area contributed by atoms with Gasteiger partial charge in [-0.15, -0.1) is 0 Å². The molecule has 0 radical (unpaired) electrons. The third-order valence-electron chi connectivity index (χ3n) is 5.56. The van der Waals surface area contributed by atoms with E-state index in [-0.39, 0.29) is 0 Å². The van der Waals surface area contributed by atoms with Crippen molar-refractivity contribution in [1.29, 1.82) is 0 Å². The molecule has 0 aromatic heterocycles. The number of rotatable bonds is 3. The highest BCUT2D eigenvalue weighted by Crippen LogP contribution is 2.48. The van der Waals surface area contributed by atoms with Gasteiger partial charge in [-0.1, -0.05) is 48.4 Å². The van der Waals surface area contributed by atoms with Gasteiger partial charge in [0.2, 0.25) is 0 Å². The summed E-state index contributed by atoms with van der Waals surface area (Å²) in [5.74, 6) is 1.48. The van der Waals surface area contributed by atoms with Crippen LogP contribution in [0.3, 0.4) is 0 Å². The first kappa shape index (κ1) is 15.5. The molecule has 1 unspecified atom stereocenters. The Labute approximate surface area is 144 Å². The van der Waals surface area contributed by atoms with Crippen molar-refractivity contribution >= 4 is 5.57 Å². The number of piperidine rings is 1. The van der Waals surface area contributed by atoms with Gasteiger partial charge in [-0.2, -0.15) is 0 Å². The minimum absolute atomic E-state index is 0.561. The largest absolute Gasteiger partial charge is 0.497 e. The van der Waals surface area contributed by atoms with E-state index in [1.165, 1.54) is 40.8 Å². The van der Waals surface area contributed by atoms with Crippen molar-refractivity contribution < 1.29 is 4.74 Å². The first-order chi connectivity index (χ1) is 11.7. The van der Waals surface area contributed by atoms with Crippen molar-refractivity contribution in [3.63, 3.8) is 0 Å². The fourth-order valence-corrected chi connectivity index (χ4v) is 4.25. The molecule has 124 valence electrons. The number of fused-ring (bicyclic) bond motifs is 3. The number of methoxy groups -OCH3 is 1. The number of likely N-dealkylation sites (N-methyl/N-ethyl adjacent to an activating group) is 1. The summed E-state index contributed by atoms with van der Waals surface area (Å²) < 4.78 is 5.33. The lowest BCUT2D eigenvalue weighted by molar-refractivity contribution is 0.254. The molecule has 1 heterocycles. The van der Waals surface area contributed by atoms with Gasteiger partial charge in [0.1, 0.15) is 5.75 Å². The van der Waals surface area contributed by atoms with Crippen LogP contribution in [-0.2, 0) is 0 Å². The minimum atomic E-state index is 0.561. The molecule has 0 saturated carbocycles. The molecule has 2 aromatic carbocycles. The second kappa shape index (κ2) is 6.10. The number of nitrogens with zero attached hydrogens (tertiary/aromatic N) is 1. The van der Waals surface area contributed by atoms with Gasteiger partial charge in [-0.05, 0) is 54.3 Å². The predicted molar refractivity (Wildman–Crippen MR) is 99.7 cm³/mol. The fraction of sp³-hybridized carbons (Fsp3) is 0.364. The van der Waals surface area contributed by atoms with E-state index >= 15 is 0 Å². The number of aryl methyl sites for hydroxylation is 1. The topological polar surface area (TPSA) is 12.5 Å². The van der Waals surface area contributed by atoms with E-state index in [0.717, 1.165) is 18.8 Å². The minimum Gasteiger partial charge on any atom is -0.497 e. The SMILES string of the molecule is CCN1CCC2=C(c3ccc(OC)cc3)c3cc(C)ccc3C2C1. The average molecular weight is 319 g/mol. The number of hydrogen-bond acceptors (Lipinski definition) is 2. The average Bonchev–Trinajstić information content (AvgIpc) is 2.94. The summed E-state index contributed by atoms with van der Waals surface area (Å²) >= 11 is 0. The van der Waals surface area contributed by atoms with E-state index in [0.29, 0.717) is 5.92 Å². The summed E-state index contributed by atoms with van der Waals surface area (Å²) in [5, 5.41) is 0. The maximum atomic E-state index is 5.33. The number of hydrogen-bond donors (Lipinski definition) is 0. The molecule has 4 rings (SSSR count). The molecule has 0 bridgehead atoms. The molecule has 24 heavy (non-hydrogen) atoms. The Kier molecular flexibility index (Phi) is 3.93. The van der Waals surface area contributed by atoms with Crippen LogP contribution in [0.5, 0.6) is 5.75 Å². The molecular weight excluding hydrogens is 294 g/mol. The zero-order valence-corrected chi connectivity index (χ0v) is 14.8. The summed E-state index contributed by atoms with van der Waals surface area (Å²) in [7, 11) is 1.72. The Bertz CT molecular complexity index is 788. The molecule has 1 saturated heterocycles. The molecule has 2 aromatic rings. The summed E-state index contributed by atoms with van der Waals surface area (Å²) in [4.78, 5) is 2.58. The highest BCUT2D eigenvalue weighted by atomic mass is 16.5. The van der Waals surface area contributed by atoms with E-state index in [1.54, 1.807) is 12.7 Å². The van der Waals surface area contributed by atoms with Crippen molar-refractivity contribution in [2.75, 3.05) is 26.7 Å². The second-order valence-corrected chi connectivity index (χ2v) is 6.92.